The lowest BCUT2D eigenvalue weighted by Gasteiger charge is -2.38. The number of hydrogen-bond acceptors (Lipinski definition) is 3. The topological polar surface area (TPSA) is 38.5 Å². The van der Waals surface area contributed by atoms with Crippen molar-refractivity contribution in [1.29, 1.82) is 0 Å². The monoisotopic (exact) mass is 376 g/mol. The summed E-state index contributed by atoms with van der Waals surface area (Å²) >= 11 is 0. The van der Waals surface area contributed by atoms with Gasteiger partial charge in [0.1, 0.15) is 11.9 Å². The zero-order chi connectivity index (χ0) is 18.9. The van der Waals surface area contributed by atoms with E-state index in [9.17, 15) is 0 Å². The molecule has 1 heterocycles. The van der Waals surface area contributed by atoms with Crippen molar-refractivity contribution in [2.75, 3.05) is 13.1 Å². The van der Waals surface area contributed by atoms with E-state index in [1.807, 2.05) is 0 Å². The Morgan fingerprint density at radius 1 is 0.821 bits per heavy atom. The molecule has 0 bridgehead atoms. The molecule has 2 aromatic rings. The maximum absolute atomic E-state index is 6.87. The Morgan fingerprint density at radius 2 is 1.50 bits per heavy atom. The maximum atomic E-state index is 6.87. The summed E-state index contributed by atoms with van der Waals surface area (Å²) in [7, 11) is 0. The minimum Gasteiger partial charge on any atom is -0.484 e. The van der Waals surface area contributed by atoms with Gasteiger partial charge in [-0.25, -0.2) is 0 Å². The molecule has 148 valence electrons. The quantitative estimate of drug-likeness (QED) is 0.832. The summed E-state index contributed by atoms with van der Waals surface area (Å²) in [5.74, 6) is 1.77. The minimum absolute atomic E-state index is 0.119. The second kappa shape index (κ2) is 7.88. The van der Waals surface area contributed by atoms with Gasteiger partial charge in [-0.1, -0.05) is 55.3 Å². The van der Waals surface area contributed by atoms with Crippen molar-refractivity contribution < 1.29 is 4.74 Å². The largest absolute Gasteiger partial charge is 0.484 e. The predicted octanol–water partition coefficient (Wildman–Crippen LogP) is 4.81. The molecule has 2 fully saturated rings. The molecule has 2 aliphatic carbocycles. The zero-order valence-corrected chi connectivity index (χ0v) is 16.7. The molecule has 3 aliphatic rings. The van der Waals surface area contributed by atoms with Crippen LogP contribution in [-0.2, 0) is 6.42 Å². The number of ether oxygens (including phenoxy) is 1. The molecule has 0 aromatic heterocycles. The van der Waals surface area contributed by atoms with Crippen molar-refractivity contribution in [3.8, 4) is 5.75 Å². The number of hydrogen-bond donors (Lipinski definition) is 1. The number of benzene rings is 2. The molecule has 2 atom stereocenters. The normalized spacial score (nSPS) is 26.5. The third-order valence-electron chi connectivity index (χ3n) is 7.15. The highest BCUT2D eigenvalue weighted by molar-refractivity contribution is 5.41. The molecule has 0 spiro atoms. The van der Waals surface area contributed by atoms with Crippen molar-refractivity contribution in [1.82, 2.24) is 4.90 Å². The highest BCUT2D eigenvalue weighted by atomic mass is 16.5. The van der Waals surface area contributed by atoms with Gasteiger partial charge in [-0.15, -0.1) is 0 Å². The van der Waals surface area contributed by atoms with E-state index >= 15 is 0 Å². The minimum atomic E-state index is 0.119. The Balaban J connectivity index is 1.44. The molecule has 3 heteroatoms. The third-order valence-corrected chi connectivity index (χ3v) is 7.15. The summed E-state index contributed by atoms with van der Waals surface area (Å²) in [5, 5.41) is 0. The molecule has 2 N–H and O–H groups in total. The van der Waals surface area contributed by atoms with Gasteiger partial charge in [0, 0.05) is 19.1 Å². The van der Waals surface area contributed by atoms with Crippen LogP contribution in [0.25, 0.3) is 0 Å². The van der Waals surface area contributed by atoms with E-state index in [2.05, 4.69) is 53.4 Å². The molecule has 0 radical (unpaired) electrons. The molecule has 0 amide bonds. The lowest BCUT2D eigenvalue weighted by atomic mass is 9.96. The Morgan fingerprint density at radius 3 is 2.29 bits per heavy atom. The number of rotatable bonds is 4. The first-order chi connectivity index (χ1) is 13.8. The van der Waals surface area contributed by atoms with Gasteiger partial charge in [0.05, 0.1) is 6.04 Å². The summed E-state index contributed by atoms with van der Waals surface area (Å²) < 4.78 is 6.87. The Kier molecular flexibility index (Phi) is 5.13. The molecule has 2 unspecified atom stereocenters. The number of nitrogens with zero attached hydrogens (tertiary/aromatic N) is 1. The molecule has 28 heavy (non-hydrogen) atoms. The van der Waals surface area contributed by atoms with Crippen LogP contribution in [0.5, 0.6) is 5.75 Å². The summed E-state index contributed by atoms with van der Waals surface area (Å²) in [6, 6.07) is 18.4. The Bertz CT molecular complexity index is 806. The number of para-hydroxylation sites is 1. The number of nitrogens with two attached hydrogens (primary N) is 1. The van der Waals surface area contributed by atoms with E-state index in [1.165, 1.54) is 42.4 Å². The van der Waals surface area contributed by atoms with Crippen molar-refractivity contribution >= 4 is 0 Å². The summed E-state index contributed by atoms with van der Waals surface area (Å²) in [5.41, 5.74) is 10.4. The van der Waals surface area contributed by atoms with Gasteiger partial charge in [0.25, 0.3) is 0 Å². The van der Waals surface area contributed by atoms with Crippen LogP contribution in [0.15, 0.2) is 48.5 Å². The van der Waals surface area contributed by atoms with Crippen molar-refractivity contribution in [2.45, 2.75) is 69.1 Å². The van der Waals surface area contributed by atoms with Crippen LogP contribution in [0.3, 0.4) is 0 Å². The average molecular weight is 377 g/mol. The van der Waals surface area contributed by atoms with Crippen LogP contribution in [0.4, 0.5) is 0 Å². The van der Waals surface area contributed by atoms with Crippen molar-refractivity contribution in [3.05, 3.63) is 65.2 Å². The molecule has 5 rings (SSSR count). The van der Waals surface area contributed by atoms with Gasteiger partial charge in [-0.3, -0.25) is 4.90 Å². The van der Waals surface area contributed by atoms with Gasteiger partial charge in [0.15, 0.2) is 0 Å². The molecule has 1 saturated heterocycles. The number of fused-ring (bicyclic) bond motifs is 1. The second-order valence-electron chi connectivity index (χ2n) is 8.90. The molecule has 2 aromatic carbocycles. The molecule has 1 aliphatic heterocycles. The fourth-order valence-corrected chi connectivity index (χ4v) is 5.55. The van der Waals surface area contributed by atoms with Crippen LogP contribution >= 0.6 is 0 Å². The van der Waals surface area contributed by atoms with Gasteiger partial charge >= 0.3 is 0 Å². The van der Waals surface area contributed by atoms with Gasteiger partial charge in [-0.2, -0.15) is 0 Å². The fraction of sp³-hybridized carbons (Fsp3) is 0.520. The molecule has 3 nitrogen and oxygen atoms in total. The molecular formula is C25H32N2O. The van der Waals surface area contributed by atoms with E-state index in [4.69, 9.17) is 10.5 Å². The average Bonchev–Trinajstić information content (AvgIpc) is 3.38. The van der Waals surface area contributed by atoms with E-state index < -0.39 is 0 Å². The molecule has 1 saturated carbocycles. The van der Waals surface area contributed by atoms with E-state index in [1.54, 1.807) is 0 Å². The summed E-state index contributed by atoms with van der Waals surface area (Å²) in [6.45, 7) is 2.17. The van der Waals surface area contributed by atoms with Crippen LogP contribution < -0.4 is 10.5 Å². The summed E-state index contributed by atoms with van der Waals surface area (Å²) in [6.07, 6.45) is 8.69. The van der Waals surface area contributed by atoms with Crippen LogP contribution in [0.1, 0.15) is 67.2 Å². The van der Waals surface area contributed by atoms with Crippen LogP contribution in [0.2, 0.25) is 0 Å². The Labute approximate surface area is 168 Å². The van der Waals surface area contributed by atoms with Crippen molar-refractivity contribution in [2.24, 2.45) is 5.73 Å². The van der Waals surface area contributed by atoms with Crippen LogP contribution in [0, 0.1) is 0 Å². The van der Waals surface area contributed by atoms with Crippen molar-refractivity contribution in [3.63, 3.8) is 0 Å². The first-order valence-electron chi connectivity index (χ1n) is 11.1. The standard InChI is InChI=1S/C25H32N2O/c26-20-13-15-27(16-14-20)23-17-19-9-3-4-11-22(19)25(23)28-24-12-6-5-10-21(24)18-7-1-2-8-18/h3-6,9-12,18,20,23,25H,1-2,7-8,13-17,26H2. The van der Waals surface area contributed by atoms with Gasteiger partial charge < -0.3 is 10.5 Å². The lowest BCUT2D eigenvalue weighted by Crippen LogP contribution is -2.47. The first-order valence-corrected chi connectivity index (χ1v) is 11.1. The third kappa shape index (κ3) is 3.46. The lowest BCUT2D eigenvalue weighted by molar-refractivity contribution is 0.0603. The highest BCUT2D eigenvalue weighted by Crippen LogP contribution is 2.43. The zero-order valence-electron chi connectivity index (χ0n) is 16.7. The van der Waals surface area contributed by atoms with E-state index in [0.29, 0.717) is 18.0 Å². The van der Waals surface area contributed by atoms with E-state index in [0.717, 1.165) is 38.1 Å². The predicted molar refractivity (Wildman–Crippen MR) is 114 cm³/mol. The maximum Gasteiger partial charge on any atom is 0.140 e. The second-order valence-corrected chi connectivity index (χ2v) is 8.90. The summed E-state index contributed by atoms with van der Waals surface area (Å²) in [4.78, 5) is 2.63. The Hall–Kier alpha value is -1.84. The first kappa shape index (κ1) is 18.2. The fourth-order valence-electron chi connectivity index (χ4n) is 5.55. The smallest absolute Gasteiger partial charge is 0.140 e. The number of piperidine rings is 1. The van der Waals surface area contributed by atoms with Crippen LogP contribution in [-0.4, -0.2) is 30.1 Å². The highest BCUT2D eigenvalue weighted by Gasteiger charge is 2.39. The van der Waals surface area contributed by atoms with E-state index in [-0.39, 0.29) is 6.10 Å². The SMILES string of the molecule is NC1CCN(C2Cc3ccccc3C2Oc2ccccc2C2CCCC2)CC1. The molecular weight excluding hydrogens is 344 g/mol. The van der Waals surface area contributed by atoms with Gasteiger partial charge in [0.2, 0.25) is 0 Å². The van der Waals surface area contributed by atoms with Gasteiger partial charge in [-0.05, 0) is 60.8 Å². The number of likely N-dealkylation sites (tertiary alicyclic amines) is 1.